The molecule has 0 amide bonds. The van der Waals surface area contributed by atoms with E-state index in [1.807, 2.05) is 60.7 Å². The third kappa shape index (κ3) is 3.22. The van der Waals surface area contributed by atoms with Crippen LogP contribution in [0.1, 0.15) is 23.9 Å². The molecule has 2 atom stereocenters. The average Bonchev–Trinajstić information content (AvgIpc) is 3.31. The van der Waals surface area contributed by atoms with E-state index >= 15 is 0 Å². The van der Waals surface area contributed by atoms with Crippen LogP contribution in [0.4, 0.5) is 0 Å². The summed E-state index contributed by atoms with van der Waals surface area (Å²) in [5.41, 5.74) is 1.42. The Bertz CT molecular complexity index is 1100. The van der Waals surface area contributed by atoms with Crippen LogP contribution in [-0.4, -0.2) is 39.7 Å². The third-order valence-corrected chi connectivity index (χ3v) is 4.80. The molecule has 0 aliphatic carbocycles. The topological polar surface area (TPSA) is 108 Å². The van der Waals surface area contributed by atoms with E-state index in [0.717, 1.165) is 0 Å². The highest BCUT2D eigenvalue weighted by Gasteiger charge is 2.30. The monoisotopic (exact) mass is 412 g/mol. The molecule has 10 heteroatoms. The number of hydrogen-bond acceptors (Lipinski definition) is 6. The van der Waals surface area contributed by atoms with Gasteiger partial charge in [-0.2, -0.15) is 10.2 Å². The number of nitrogens with one attached hydrogen (secondary N) is 2. The molecule has 0 bridgehead atoms. The van der Waals surface area contributed by atoms with Gasteiger partial charge in [-0.3, -0.25) is 19.3 Å². The molecule has 0 aliphatic rings. The zero-order valence-corrected chi connectivity index (χ0v) is 16.1. The second kappa shape index (κ2) is 7.60. The lowest BCUT2D eigenvalue weighted by molar-refractivity contribution is 0.00432. The Labute approximate surface area is 169 Å². The van der Waals surface area contributed by atoms with E-state index in [4.69, 9.17) is 24.4 Å². The highest BCUT2D eigenvalue weighted by molar-refractivity contribution is 7.71. The smallest absolute Gasteiger partial charge is 0.199 e. The Morgan fingerprint density at radius 2 is 1.04 bits per heavy atom. The molecule has 0 aliphatic heterocycles. The van der Waals surface area contributed by atoms with Crippen LogP contribution in [0.3, 0.4) is 0 Å². The predicted molar refractivity (Wildman–Crippen MR) is 107 cm³/mol. The van der Waals surface area contributed by atoms with Gasteiger partial charge in [0.05, 0.1) is 0 Å². The first-order chi connectivity index (χ1) is 13.6. The summed E-state index contributed by atoms with van der Waals surface area (Å²) in [5.74, 6) is 0.328. The number of rotatable bonds is 5. The number of aromatic amines is 2. The van der Waals surface area contributed by atoms with Gasteiger partial charge in [-0.1, -0.05) is 36.4 Å². The molecule has 0 saturated carbocycles. The molecular weight excluding hydrogens is 396 g/mol. The zero-order valence-electron chi connectivity index (χ0n) is 14.4. The Hall–Kier alpha value is -2.92. The van der Waals surface area contributed by atoms with Gasteiger partial charge in [0, 0.05) is 11.4 Å². The van der Waals surface area contributed by atoms with E-state index in [9.17, 15) is 10.2 Å². The van der Waals surface area contributed by atoms with E-state index in [0.29, 0.717) is 20.9 Å². The molecule has 0 saturated heterocycles. The van der Waals surface area contributed by atoms with Gasteiger partial charge in [-0.15, -0.1) is 0 Å². The van der Waals surface area contributed by atoms with E-state index in [-0.39, 0.29) is 11.6 Å². The summed E-state index contributed by atoms with van der Waals surface area (Å²) in [5, 5.41) is 35.3. The highest BCUT2D eigenvalue weighted by atomic mass is 32.1. The lowest BCUT2D eigenvalue weighted by Gasteiger charge is -2.18. The normalized spacial score (nSPS) is 13.4. The van der Waals surface area contributed by atoms with Crippen molar-refractivity contribution in [1.29, 1.82) is 0 Å². The molecule has 0 fully saturated rings. The van der Waals surface area contributed by atoms with Crippen molar-refractivity contribution in [2.75, 3.05) is 0 Å². The molecular formula is C18H16N6O2S2. The predicted octanol–water partition coefficient (Wildman–Crippen LogP) is 2.94. The van der Waals surface area contributed by atoms with Gasteiger partial charge in [0.2, 0.25) is 0 Å². The molecule has 2 aromatic heterocycles. The van der Waals surface area contributed by atoms with Crippen LogP contribution in [-0.2, 0) is 0 Å². The summed E-state index contributed by atoms with van der Waals surface area (Å²) in [7, 11) is 0. The molecule has 0 spiro atoms. The first kappa shape index (κ1) is 18.4. The van der Waals surface area contributed by atoms with Gasteiger partial charge in [-0.05, 0) is 48.7 Å². The summed E-state index contributed by atoms with van der Waals surface area (Å²) in [6.45, 7) is 0. The van der Waals surface area contributed by atoms with Gasteiger partial charge in [0.25, 0.3) is 0 Å². The van der Waals surface area contributed by atoms with Crippen molar-refractivity contribution in [3.63, 3.8) is 0 Å². The second-order valence-corrected chi connectivity index (χ2v) is 6.78. The molecule has 8 nitrogen and oxygen atoms in total. The van der Waals surface area contributed by atoms with Gasteiger partial charge >= 0.3 is 0 Å². The minimum atomic E-state index is -1.40. The fourth-order valence-corrected chi connectivity index (χ4v) is 3.44. The molecule has 4 N–H and O–H groups in total. The van der Waals surface area contributed by atoms with E-state index in [1.54, 1.807) is 9.13 Å². The van der Waals surface area contributed by atoms with Crippen molar-refractivity contribution >= 4 is 24.4 Å². The fraction of sp³-hybridized carbons (Fsp3) is 0.111. The van der Waals surface area contributed by atoms with Crippen LogP contribution in [0.15, 0.2) is 60.7 Å². The quantitative estimate of drug-likeness (QED) is 0.376. The first-order valence-electron chi connectivity index (χ1n) is 8.39. The first-order valence-corrected chi connectivity index (χ1v) is 9.21. The van der Waals surface area contributed by atoms with E-state index in [1.165, 1.54) is 0 Å². The van der Waals surface area contributed by atoms with Crippen LogP contribution < -0.4 is 0 Å². The maximum absolute atomic E-state index is 10.9. The summed E-state index contributed by atoms with van der Waals surface area (Å²) in [4.78, 5) is 0. The minimum absolute atomic E-state index is 0.164. The average molecular weight is 413 g/mol. The van der Waals surface area contributed by atoms with Gasteiger partial charge in [-0.25, -0.2) is 0 Å². The summed E-state index contributed by atoms with van der Waals surface area (Å²) >= 11 is 10.6. The van der Waals surface area contributed by atoms with Gasteiger partial charge in [0.15, 0.2) is 21.2 Å². The van der Waals surface area contributed by atoms with E-state index < -0.39 is 12.2 Å². The lowest BCUT2D eigenvalue weighted by Crippen LogP contribution is -2.19. The van der Waals surface area contributed by atoms with E-state index in [2.05, 4.69) is 20.4 Å². The Balaban J connectivity index is 1.77. The maximum Gasteiger partial charge on any atom is 0.199 e. The van der Waals surface area contributed by atoms with Crippen molar-refractivity contribution in [2.45, 2.75) is 12.2 Å². The van der Waals surface area contributed by atoms with Crippen LogP contribution in [0.5, 0.6) is 0 Å². The van der Waals surface area contributed by atoms with Gasteiger partial charge in [0.1, 0.15) is 12.2 Å². The van der Waals surface area contributed by atoms with Crippen molar-refractivity contribution in [2.24, 2.45) is 0 Å². The Morgan fingerprint density at radius 1 is 0.679 bits per heavy atom. The molecule has 0 unspecified atom stereocenters. The molecule has 142 valence electrons. The largest absolute Gasteiger partial charge is 0.382 e. The fourth-order valence-electron chi connectivity index (χ4n) is 2.95. The number of hydrogen-bond donors (Lipinski definition) is 4. The SMILES string of the molecule is O[C@H](c1n[nH]c(=S)n1-c1ccccc1)[C@@H](O)c1n[nH]c(=S)n1-c1ccccc1. The van der Waals surface area contributed by atoms with Crippen molar-refractivity contribution in [3.05, 3.63) is 81.9 Å². The van der Waals surface area contributed by atoms with Crippen molar-refractivity contribution in [3.8, 4) is 11.4 Å². The summed E-state index contributed by atoms with van der Waals surface area (Å²) in [6.07, 6.45) is -2.80. The number of benzene rings is 2. The summed E-state index contributed by atoms with van der Waals surface area (Å²) < 4.78 is 3.73. The van der Waals surface area contributed by atoms with Gasteiger partial charge < -0.3 is 10.2 Å². The molecule has 28 heavy (non-hydrogen) atoms. The maximum atomic E-state index is 10.9. The minimum Gasteiger partial charge on any atom is -0.382 e. The van der Waals surface area contributed by atoms with Crippen LogP contribution in [0, 0.1) is 9.54 Å². The molecule has 2 aromatic carbocycles. The van der Waals surface area contributed by atoms with Crippen LogP contribution in [0.2, 0.25) is 0 Å². The molecule has 0 radical (unpaired) electrons. The van der Waals surface area contributed by atoms with Crippen molar-refractivity contribution < 1.29 is 10.2 Å². The number of aliphatic hydroxyl groups is 2. The zero-order chi connectivity index (χ0) is 19.7. The standard InChI is InChI=1S/C18H16N6O2S2/c25-13(15-19-21-17(27)23(15)11-7-3-1-4-8-11)14(26)16-20-22-18(28)24(16)12-9-5-2-6-10-12/h1-10,13-14,25-26H,(H,21,27)(H,22,28)/t13-,14+. The number of aromatic nitrogens is 6. The number of H-pyrrole nitrogens is 2. The van der Waals surface area contributed by atoms with Crippen LogP contribution >= 0.6 is 24.4 Å². The third-order valence-electron chi connectivity index (χ3n) is 4.25. The molecule has 4 aromatic rings. The highest BCUT2D eigenvalue weighted by Crippen LogP contribution is 2.29. The Kier molecular flexibility index (Phi) is 5.01. The second-order valence-electron chi connectivity index (χ2n) is 6.01. The van der Waals surface area contributed by atoms with Crippen molar-refractivity contribution in [1.82, 2.24) is 29.5 Å². The van der Waals surface area contributed by atoms with Crippen LogP contribution in [0.25, 0.3) is 11.4 Å². The number of aliphatic hydroxyl groups excluding tert-OH is 2. The molecule has 2 heterocycles. The number of para-hydroxylation sites is 2. The lowest BCUT2D eigenvalue weighted by atomic mass is 10.1. The molecule has 4 rings (SSSR count). The Morgan fingerprint density at radius 3 is 1.39 bits per heavy atom. The summed E-state index contributed by atoms with van der Waals surface area (Å²) in [6, 6.07) is 18.4. The number of nitrogens with zero attached hydrogens (tertiary/aromatic N) is 4.